The van der Waals surface area contributed by atoms with E-state index < -0.39 is 27.5 Å². The number of nitriles is 1. The van der Waals surface area contributed by atoms with Gasteiger partial charge < -0.3 is 14.7 Å². The number of sulfonamides is 1. The Kier molecular flexibility index (Phi) is 7.39. The molecule has 0 bridgehead atoms. The number of hydrogen-bond donors (Lipinski definition) is 2. The summed E-state index contributed by atoms with van der Waals surface area (Å²) in [5, 5.41) is 20.9. The molecule has 2 aliphatic heterocycles. The van der Waals surface area contributed by atoms with Crippen LogP contribution in [-0.2, 0) is 19.6 Å². The molecule has 1 saturated carbocycles. The first-order valence-electron chi connectivity index (χ1n) is 16.5. The van der Waals surface area contributed by atoms with Crippen LogP contribution in [0.25, 0.3) is 11.1 Å². The number of esters is 1. The first-order chi connectivity index (χ1) is 23.3. The Labute approximate surface area is 280 Å². The molecular formula is C39H35N3O5S. The molecule has 4 aliphatic rings. The van der Waals surface area contributed by atoms with E-state index in [1.54, 1.807) is 18.2 Å². The van der Waals surface area contributed by atoms with E-state index in [1.165, 1.54) is 46.5 Å². The monoisotopic (exact) mass is 657 g/mol. The molecule has 1 spiro atoms. The summed E-state index contributed by atoms with van der Waals surface area (Å²) in [5.41, 5.74) is 5.99. The smallest absolute Gasteiger partial charge is 0.339 e. The standard InChI is InChI=1S/C39H35N3O5S/c40-23-25-12-16-29(17-13-25)48(45,46)41-28-7-5-6-27(22-28)35(26-14-15-26)36-37(43)39(47-38(36)44)18-20-42(21-19-39)24-34-32-10-3-1-8-30(32)31-9-2-4-11-33(31)34/h1-13,16-17,22,26,34-35,41,43H,14-15,18-21,24H2. The number of carbonyl (C=O) groups is 1. The highest BCUT2D eigenvalue weighted by molar-refractivity contribution is 7.92. The number of rotatable bonds is 8. The average molecular weight is 658 g/mol. The van der Waals surface area contributed by atoms with Crippen molar-refractivity contribution in [2.45, 2.75) is 48.0 Å². The van der Waals surface area contributed by atoms with Crippen molar-refractivity contribution in [1.82, 2.24) is 4.90 Å². The zero-order valence-electron chi connectivity index (χ0n) is 26.3. The van der Waals surface area contributed by atoms with Crippen LogP contribution in [0.4, 0.5) is 5.69 Å². The molecule has 0 amide bonds. The van der Waals surface area contributed by atoms with Crippen LogP contribution in [0.1, 0.15) is 59.8 Å². The summed E-state index contributed by atoms with van der Waals surface area (Å²) in [6, 6.07) is 31.9. The third-order valence-corrected chi connectivity index (χ3v) is 11.9. The summed E-state index contributed by atoms with van der Waals surface area (Å²) < 4.78 is 35.0. The summed E-state index contributed by atoms with van der Waals surface area (Å²) in [5.74, 6) is -0.444. The second-order valence-electron chi connectivity index (χ2n) is 13.4. The molecule has 0 aromatic heterocycles. The number of piperidine rings is 1. The Hall–Kier alpha value is -4.91. The molecule has 0 radical (unpaired) electrons. The van der Waals surface area contributed by atoms with Gasteiger partial charge in [0.05, 0.1) is 22.1 Å². The fraction of sp³-hybridized carbons (Fsp3) is 0.282. The number of benzene rings is 4. The van der Waals surface area contributed by atoms with Crippen molar-refractivity contribution >= 4 is 21.7 Å². The first kappa shape index (κ1) is 30.4. The van der Waals surface area contributed by atoms with E-state index in [9.17, 15) is 18.3 Å². The van der Waals surface area contributed by atoms with Gasteiger partial charge in [-0.2, -0.15) is 5.26 Å². The topological polar surface area (TPSA) is 120 Å². The Morgan fingerprint density at radius 3 is 2.19 bits per heavy atom. The normalized spacial score (nSPS) is 19.4. The SMILES string of the molecule is N#Cc1ccc(S(=O)(=O)Nc2cccc(C(C3=C(O)C4(CCN(CC5c6ccccc6-c6ccccc65)CC4)OC3=O)C3CC3)c2)cc1. The lowest BCUT2D eigenvalue weighted by atomic mass is 9.82. The number of aliphatic hydroxyl groups is 1. The van der Waals surface area contributed by atoms with Crippen LogP contribution in [0.3, 0.4) is 0 Å². The van der Waals surface area contributed by atoms with Gasteiger partial charge >= 0.3 is 5.97 Å². The first-order valence-corrected chi connectivity index (χ1v) is 18.0. The molecule has 2 fully saturated rings. The summed E-state index contributed by atoms with van der Waals surface area (Å²) in [7, 11) is -3.91. The lowest BCUT2D eigenvalue weighted by Crippen LogP contribution is -2.47. The van der Waals surface area contributed by atoms with Gasteiger partial charge in [-0.3, -0.25) is 4.72 Å². The summed E-state index contributed by atoms with van der Waals surface area (Å²) in [4.78, 5) is 16.1. The number of ether oxygens (including phenoxy) is 1. The van der Waals surface area contributed by atoms with Crippen molar-refractivity contribution in [2.75, 3.05) is 24.4 Å². The Morgan fingerprint density at radius 1 is 0.917 bits per heavy atom. The fourth-order valence-electron chi connectivity index (χ4n) is 7.87. The summed E-state index contributed by atoms with van der Waals surface area (Å²) in [6.45, 7) is 2.23. The number of fused-ring (bicyclic) bond motifs is 3. The quantitative estimate of drug-likeness (QED) is 0.199. The van der Waals surface area contributed by atoms with Crippen molar-refractivity contribution in [2.24, 2.45) is 5.92 Å². The predicted molar refractivity (Wildman–Crippen MR) is 182 cm³/mol. The van der Waals surface area contributed by atoms with Crippen molar-refractivity contribution in [3.63, 3.8) is 0 Å². The van der Waals surface area contributed by atoms with E-state index in [2.05, 4.69) is 58.2 Å². The average Bonchev–Trinajstić information content (AvgIpc) is 3.86. The van der Waals surface area contributed by atoms with Gasteiger partial charge in [-0.15, -0.1) is 0 Å². The maximum absolute atomic E-state index is 13.6. The minimum Gasteiger partial charge on any atom is -0.507 e. The maximum atomic E-state index is 13.6. The van der Waals surface area contributed by atoms with E-state index in [0.29, 0.717) is 42.8 Å². The van der Waals surface area contributed by atoms with Crippen molar-refractivity contribution in [1.29, 1.82) is 5.26 Å². The molecule has 8 rings (SSSR count). The zero-order chi connectivity index (χ0) is 33.0. The van der Waals surface area contributed by atoms with Crippen LogP contribution in [0.2, 0.25) is 0 Å². The number of carbonyl (C=O) groups excluding carboxylic acids is 1. The second-order valence-corrected chi connectivity index (χ2v) is 15.0. The van der Waals surface area contributed by atoms with Gasteiger partial charge in [0.15, 0.2) is 5.60 Å². The number of nitrogens with zero attached hydrogens (tertiary/aromatic N) is 2. The van der Waals surface area contributed by atoms with Crippen LogP contribution >= 0.6 is 0 Å². The number of likely N-dealkylation sites (tertiary alicyclic amines) is 1. The molecule has 2 N–H and O–H groups in total. The highest BCUT2D eigenvalue weighted by atomic mass is 32.2. The molecule has 48 heavy (non-hydrogen) atoms. The van der Waals surface area contributed by atoms with E-state index >= 15 is 0 Å². The van der Waals surface area contributed by atoms with Crippen LogP contribution in [-0.4, -0.2) is 49.6 Å². The van der Waals surface area contributed by atoms with Crippen LogP contribution in [0.15, 0.2) is 113 Å². The van der Waals surface area contributed by atoms with Crippen molar-refractivity contribution in [3.8, 4) is 17.2 Å². The van der Waals surface area contributed by atoms with Gasteiger partial charge in [0.25, 0.3) is 10.0 Å². The molecule has 1 unspecified atom stereocenters. The van der Waals surface area contributed by atoms with Crippen LogP contribution in [0, 0.1) is 17.2 Å². The van der Waals surface area contributed by atoms with Gasteiger partial charge in [-0.25, -0.2) is 13.2 Å². The molecule has 2 aliphatic carbocycles. The van der Waals surface area contributed by atoms with Crippen LogP contribution < -0.4 is 4.72 Å². The molecule has 1 atom stereocenters. The zero-order valence-corrected chi connectivity index (χ0v) is 27.1. The van der Waals surface area contributed by atoms with E-state index in [0.717, 1.165) is 24.9 Å². The molecular weight excluding hydrogens is 623 g/mol. The van der Waals surface area contributed by atoms with Gasteiger partial charge in [-0.1, -0.05) is 60.7 Å². The molecule has 2 heterocycles. The molecule has 9 heteroatoms. The Balaban J connectivity index is 1.02. The number of anilines is 1. The maximum Gasteiger partial charge on any atom is 0.339 e. The highest BCUT2D eigenvalue weighted by Gasteiger charge is 2.54. The predicted octanol–water partition coefficient (Wildman–Crippen LogP) is 6.87. The molecule has 4 aromatic rings. The van der Waals surface area contributed by atoms with Crippen LogP contribution in [0.5, 0.6) is 0 Å². The van der Waals surface area contributed by atoms with E-state index in [-0.39, 0.29) is 22.5 Å². The lowest BCUT2D eigenvalue weighted by Gasteiger charge is -2.39. The van der Waals surface area contributed by atoms with Crippen molar-refractivity contribution < 1.29 is 23.1 Å². The Morgan fingerprint density at radius 2 is 1.56 bits per heavy atom. The number of nitrogens with one attached hydrogen (secondary N) is 1. The number of aliphatic hydroxyl groups excluding tert-OH is 1. The summed E-state index contributed by atoms with van der Waals surface area (Å²) in [6.07, 6.45) is 2.82. The number of hydrogen-bond acceptors (Lipinski definition) is 7. The summed E-state index contributed by atoms with van der Waals surface area (Å²) >= 11 is 0. The van der Waals surface area contributed by atoms with Gasteiger partial charge in [0.2, 0.25) is 0 Å². The van der Waals surface area contributed by atoms with E-state index in [4.69, 9.17) is 10.00 Å². The molecule has 8 nitrogen and oxygen atoms in total. The largest absolute Gasteiger partial charge is 0.507 e. The van der Waals surface area contributed by atoms with Gasteiger partial charge in [0.1, 0.15) is 5.76 Å². The minimum atomic E-state index is -3.91. The van der Waals surface area contributed by atoms with Crippen molar-refractivity contribution in [3.05, 3.63) is 131 Å². The van der Waals surface area contributed by atoms with Gasteiger partial charge in [-0.05, 0) is 83.0 Å². The Bertz CT molecular complexity index is 2060. The molecule has 242 valence electrons. The molecule has 4 aromatic carbocycles. The minimum absolute atomic E-state index is 0.0316. The van der Waals surface area contributed by atoms with Gasteiger partial charge in [0, 0.05) is 50.0 Å². The lowest BCUT2D eigenvalue weighted by molar-refractivity contribution is -0.152. The van der Waals surface area contributed by atoms with E-state index in [1.807, 2.05) is 12.1 Å². The fourth-order valence-corrected chi connectivity index (χ4v) is 8.92. The third kappa shape index (κ3) is 5.26. The molecule has 1 saturated heterocycles. The third-order valence-electron chi connectivity index (χ3n) is 10.5. The highest BCUT2D eigenvalue weighted by Crippen LogP contribution is 2.53. The second kappa shape index (κ2) is 11.7.